The van der Waals surface area contributed by atoms with Crippen LogP contribution in [0.15, 0.2) is 48.7 Å². The lowest BCUT2D eigenvalue weighted by atomic mass is 10.1. The van der Waals surface area contributed by atoms with Crippen LogP contribution in [-0.2, 0) is 12.8 Å². The third kappa shape index (κ3) is 2.63. The first-order valence-corrected chi connectivity index (χ1v) is 6.59. The van der Waals surface area contributed by atoms with E-state index in [2.05, 4.69) is 4.98 Å². The third-order valence-electron chi connectivity index (χ3n) is 3.35. The summed E-state index contributed by atoms with van der Waals surface area (Å²) < 4.78 is 14.6. The SMILES string of the molecule is O=C(O)c1c(CCc2ccccc2)nc2ccc(F)cn12. The molecule has 0 aliphatic rings. The lowest BCUT2D eigenvalue weighted by Gasteiger charge is -2.01. The highest BCUT2D eigenvalue weighted by atomic mass is 19.1. The van der Waals surface area contributed by atoms with Crippen molar-refractivity contribution < 1.29 is 14.3 Å². The Labute approximate surface area is 120 Å². The van der Waals surface area contributed by atoms with Gasteiger partial charge in [-0.1, -0.05) is 30.3 Å². The van der Waals surface area contributed by atoms with Crippen LogP contribution >= 0.6 is 0 Å². The molecule has 1 aromatic carbocycles. The molecule has 0 amide bonds. The van der Waals surface area contributed by atoms with E-state index in [0.29, 0.717) is 24.2 Å². The van der Waals surface area contributed by atoms with E-state index in [9.17, 15) is 14.3 Å². The standard InChI is InChI=1S/C16H13FN2O2/c17-12-7-9-14-18-13(15(16(20)21)19(14)10-12)8-6-11-4-2-1-3-5-11/h1-5,7,9-10H,6,8H2,(H,20,21). The Morgan fingerprint density at radius 2 is 1.90 bits per heavy atom. The van der Waals surface area contributed by atoms with Crippen molar-refractivity contribution in [1.29, 1.82) is 0 Å². The fourth-order valence-electron chi connectivity index (χ4n) is 2.38. The van der Waals surface area contributed by atoms with E-state index >= 15 is 0 Å². The first kappa shape index (κ1) is 13.3. The van der Waals surface area contributed by atoms with Gasteiger partial charge in [-0.15, -0.1) is 0 Å². The maximum absolute atomic E-state index is 13.3. The fraction of sp³-hybridized carbons (Fsp3) is 0.125. The van der Waals surface area contributed by atoms with Gasteiger partial charge in [0.2, 0.25) is 0 Å². The van der Waals surface area contributed by atoms with Gasteiger partial charge in [-0.2, -0.15) is 0 Å². The smallest absolute Gasteiger partial charge is 0.354 e. The van der Waals surface area contributed by atoms with Crippen LogP contribution in [0.3, 0.4) is 0 Å². The van der Waals surface area contributed by atoms with E-state index < -0.39 is 11.8 Å². The number of imidazole rings is 1. The predicted octanol–water partition coefficient (Wildman–Crippen LogP) is 2.96. The number of carbonyl (C=O) groups is 1. The van der Waals surface area contributed by atoms with E-state index in [4.69, 9.17) is 0 Å². The number of pyridine rings is 1. The van der Waals surface area contributed by atoms with Crippen LogP contribution < -0.4 is 0 Å². The molecule has 0 unspecified atom stereocenters. The first-order chi connectivity index (χ1) is 10.1. The quantitative estimate of drug-likeness (QED) is 0.801. The number of nitrogens with zero attached hydrogens (tertiary/aromatic N) is 2. The van der Waals surface area contributed by atoms with Gasteiger partial charge in [-0.3, -0.25) is 4.40 Å². The number of halogens is 1. The first-order valence-electron chi connectivity index (χ1n) is 6.59. The topological polar surface area (TPSA) is 54.6 Å². The molecule has 0 radical (unpaired) electrons. The minimum absolute atomic E-state index is 0.0282. The van der Waals surface area contributed by atoms with Gasteiger partial charge in [-0.05, 0) is 30.5 Å². The number of rotatable bonds is 4. The molecule has 4 nitrogen and oxygen atoms in total. The Morgan fingerprint density at radius 1 is 1.14 bits per heavy atom. The van der Waals surface area contributed by atoms with Gasteiger partial charge in [0.25, 0.3) is 0 Å². The zero-order chi connectivity index (χ0) is 14.8. The summed E-state index contributed by atoms with van der Waals surface area (Å²) in [6.45, 7) is 0. The summed E-state index contributed by atoms with van der Waals surface area (Å²) >= 11 is 0. The molecule has 1 N–H and O–H groups in total. The van der Waals surface area contributed by atoms with E-state index in [1.54, 1.807) is 0 Å². The molecule has 2 aromatic heterocycles. The van der Waals surface area contributed by atoms with Crippen LogP contribution in [0.2, 0.25) is 0 Å². The molecule has 0 aliphatic carbocycles. The molecule has 21 heavy (non-hydrogen) atoms. The number of fused-ring (bicyclic) bond motifs is 1. The minimum Gasteiger partial charge on any atom is -0.477 e. The van der Waals surface area contributed by atoms with Crippen molar-refractivity contribution in [1.82, 2.24) is 9.38 Å². The van der Waals surface area contributed by atoms with Crippen molar-refractivity contribution in [3.8, 4) is 0 Å². The number of carboxylic acids is 1. The fourth-order valence-corrected chi connectivity index (χ4v) is 2.38. The van der Waals surface area contributed by atoms with Crippen LogP contribution in [0.25, 0.3) is 5.65 Å². The molecule has 106 valence electrons. The van der Waals surface area contributed by atoms with Crippen molar-refractivity contribution in [3.05, 3.63) is 71.4 Å². The van der Waals surface area contributed by atoms with Gasteiger partial charge in [0.15, 0.2) is 5.69 Å². The number of aromatic carboxylic acids is 1. The molecule has 2 heterocycles. The second kappa shape index (κ2) is 5.36. The second-order valence-electron chi connectivity index (χ2n) is 4.77. The molecule has 3 aromatic rings. The van der Waals surface area contributed by atoms with Crippen LogP contribution in [0.4, 0.5) is 4.39 Å². The van der Waals surface area contributed by atoms with Gasteiger partial charge in [0.1, 0.15) is 11.5 Å². The molecule has 0 saturated carbocycles. The Hall–Kier alpha value is -2.69. The van der Waals surface area contributed by atoms with Crippen LogP contribution in [0.5, 0.6) is 0 Å². The molecular weight excluding hydrogens is 271 g/mol. The normalized spacial score (nSPS) is 10.9. The maximum Gasteiger partial charge on any atom is 0.354 e. The number of hydrogen-bond donors (Lipinski definition) is 1. The maximum atomic E-state index is 13.3. The zero-order valence-electron chi connectivity index (χ0n) is 11.2. The van der Waals surface area contributed by atoms with Crippen molar-refractivity contribution in [2.45, 2.75) is 12.8 Å². The molecule has 3 rings (SSSR count). The van der Waals surface area contributed by atoms with Gasteiger partial charge in [0, 0.05) is 6.20 Å². The summed E-state index contributed by atoms with van der Waals surface area (Å²) in [5, 5.41) is 9.36. The van der Waals surface area contributed by atoms with Crippen LogP contribution in [-0.4, -0.2) is 20.5 Å². The summed E-state index contributed by atoms with van der Waals surface area (Å²) in [5.74, 6) is -1.59. The van der Waals surface area contributed by atoms with E-state index in [0.717, 1.165) is 11.8 Å². The number of aromatic nitrogens is 2. The van der Waals surface area contributed by atoms with Crippen molar-refractivity contribution in [2.75, 3.05) is 0 Å². The summed E-state index contributed by atoms with van der Waals surface area (Å²) in [6.07, 6.45) is 2.33. The predicted molar refractivity (Wildman–Crippen MR) is 76.0 cm³/mol. The largest absolute Gasteiger partial charge is 0.477 e. The molecule has 0 spiro atoms. The molecule has 0 bridgehead atoms. The molecular formula is C16H13FN2O2. The van der Waals surface area contributed by atoms with Crippen molar-refractivity contribution >= 4 is 11.6 Å². The van der Waals surface area contributed by atoms with Crippen molar-refractivity contribution in [3.63, 3.8) is 0 Å². The number of aryl methyl sites for hydroxylation is 2. The highest BCUT2D eigenvalue weighted by Gasteiger charge is 2.18. The summed E-state index contributed by atoms with van der Waals surface area (Å²) in [4.78, 5) is 15.7. The average Bonchev–Trinajstić information content (AvgIpc) is 2.84. The minimum atomic E-state index is -1.10. The average molecular weight is 284 g/mol. The highest BCUT2D eigenvalue weighted by Crippen LogP contribution is 2.16. The molecule has 0 aliphatic heterocycles. The lowest BCUT2D eigenvalue weighted by molar-refractivity contribution is 0.0688. The second-order valence-corrected chi connectivity index (χ2v) is 4.77. The molecule has 5 heteroatoms. The summed E-state index contributed by atoms with van der Waals surface area (Å²) in [6, 6.07) is 12.5. The monoisotopic (exact) mass is 284 g/mol. The Balaban J connectivity index is 1.98. The highest BCUT2D eigenvalue weighted by molar-refractivity contribution is 5.88. The molecule has 0 atom stereocenters. The number of carboxylic acid groups (broad SMARTS) is 1. The van der Waals surface area contributed by atoms with E-state index in [-0.39, 0.29) is 5.69 Å². The Morgan fingerprint density at radius 3 is 2.62 bits per heavy atom. The Kier molecular flexibility index (Phi) is 3.39. The van der Waals surface area contributed by atoms with Gasteiger partial charge in [-0.25, -0.2) is 14.2 Å². The van der Waals surface area contributed by atoms with Gasteiger partial charge >= 0.3 is 5.97 Å². The van der Waals surface area contributed by atoms with E-state index in [1.807, 2.05) is 30.3 Å². The van der Waals surface area contributed by atoms with Crippen molar-refractivity contribution in [2.24, 2.45) is 0 Å². The van der Waals surface area contributed by atoms with Crippen LogP contribution in [0, 0.1) is 5.82 Å². The number of benzene rings is 1. The Bertz CT molecular complexity index is 797. The summed E-state index contributed by atoms with van der Waals surface area (Å²) in [5.41, 5.74) is 2.05. The lowest BCUT2D eigenvalue weighted by Crippen LogP contribution is -2.06. The summed E-state index contributed by atoms with van der Waals surface area (Å²) in [7, 11) is 0. The number of hydrogen-bond acceptors (Lipinski definition) is 2. The third-order valence-corrected chi connectivity index (χ3v) is 3.35. The van der Waals surface area contributed by atoms with Gasteiger partial charge in [0.05, 0.1) is 5.69 Å². The zero-order valence-corrected chi connectivity index (χ0v) is 11.2. The molecule has 0 fully saturated rings. The van der Waals surface area contributed by atoms with E-state index in [1.165, 1.54) is 16.5 Å². The van der Waals surface area contributed by atoms with Crippen LogP contribution in [0.1, 0.15) is 21.7 Å². The van der Waals surface area contributed by atoms with Gasteiger partial charge < -0.3 is 5.11 Å². The molecule has 0 saturated heterocycles.